The number of benzene rings is 2. The topological polar surface area (TPSA) is 84.6 Å². The number of halogens is 3. The molecule has 1 atom stereocenters. The minimum absolute atomic E-state index is 0.0966. The first kappa shape index (κ1) is 20.2. The average Bonchev–Trinajstić information content (AvgIpc) is 2.92. The highest BCUT2D eigenvalue weighted by molar-refractivity contribution is 6.04. The number of aliphatic carboxylic acids is 1. The Morgan fingerprint density at radius 2 is 1.90 bits per heavy atom. The van der Waals surface area contributed by atoms with Gasteiger partial charge in [-0.2, -0.15) is 18.4 Å². The van der Waals surface area contributed by atoms with E-state index in [0.717, 1.165) is 21.9 Å². The van der Waals surface area contributed by atoms with E-state index in [-0.39, 0.29) is 18.7 Å². The summed E-state index contributed by atoms with van der Waals surface area (Å²) in [6.45, 7) is -0.211. The first-order valence-electron chi connectivity index (χ1n) is 8.54. The number of rotatable bonds is 4. The summed E-state index contributed by atoms with van der Waals surface area (Å²) in [6.07, 6.45) is -4.93. The molecule has 1 N–H and O–H groups in total. The lowest BCUT2D eigenvalue weighted by molar-refractivity contribution is -0.142. The zero-order chi connectivity index (χ0) is 21.4. The molecule has 1 heterocycles. The molecule has 1 aliphatic heterocycles. The minimum Gasteiger partial charge on any atom is -0.479 e. The normalized spacial score (nSPS) is 19.3. The maximum absolute atomic E-state index is 13.4. The molecule has 0 radical (unpaired) electrons. The Morgan fingerprint density at radius 1 is 1.24 bits per heavy atom. The molecule has 0 bridgehead atoms. The van der Waals surface area contributed by atoms with Crippen LogP contribution in [-0.2, 0) is 17.4 Å². The van der Waals surface area contributed by atoms with Gasteiger partial charge >= 0.3 is 18.2 Å². The fraction of sp³-hybridized carbons (Fsp3) is 0.250. The number of carbonyl (C=O) groups is 2. The fourth-order valence-electron chi connectivity index (χ4n) is 3.55. The molecule has 9 heteroatoms. The molecule has 0 aromatic heterocycles. The fourth-order valence-corrected chi connectivity index (χ4v) is 3.55. The molecule has 0 spiro atoms. The van der Waals surface area contributed by atoms with Crippen LogP contribution < -0.4 is 4.90 Å². The van der Waals surface area contributed by atoms with Crippen molar-refractivity contribution in [3.63, 3.8) is 0 Å². The van der Waals surface area contributed by atoms with Crippen LogP contribution in [0, 0.1) is 11.3 Å². The molecule has 6 nitrogen and oxygen atoms in total. The highest BCUT2D eigenvalue weighted by atomic mass is 19.4. The molecule has 0 aliphatic carbocycles. The molecule has 1 fully saturated rings. The second-order valence-corrected chi connectivity index (χ2v) is 6.81. The van der Waals surface area contributed by atoms with Crippen LogP contribution in [0.25, 0.3) is 0 Å². The standard InChI is InChI=1S/C20H16F3N3O3/c1-25-12-19(17(27)28,10-13-5-3-2-4-6-13)26(18(25)29)15-8-7-14(11-24)16(9-15)20(21,22)23/h2-9H,10,12H2,1H3,(H,27,28)/t19-/m1/s1. The number of urea groups is 1. The molecule has 3 rings (SSSR count). The predicted octanol–water partition coefficient (Wildman–Crippen LogP) is 3.51. The second-order valence-electron chi connectivity index (χ2n) is 6.81. The molecule has 1 saturated heterocycles. The van der Waals surface area contributed by atoms with Gasteiger partial charge in [0.15, 0.2) is 5.54 Å². The number of anilines is 1. The van der Waals surface area contributed by atoms with Crippen molar-refractivity contribution in [1.82, 2.24) is 4.90 Å². The lowest BCUT2D eigenvalue weighted by atomic mass is 9.89. The number of hydrogen-bond acceptors (Lipinski definition) is 3. The van der Waals surface area contributed by atoms with Crippen molar-refractivity contribution < 1.29 is 27.9 Å². The van der Waals surface area contributed by atoms with Crippen molar-refractivity contribution in [2.45, 2.75) is 18.1 Å². The highest BCUT2D eigenvalue weighted by Gasteiger charge is 2.55. The molecule has 29 heavy (non-hydrogen) atoms. The third kappa shape index (κ3) is 3.49. The van der Waals surface area contributed by atoms with Crippen LogP contribution in [0.3, 0.4) is 0 Å². The van der Waals surface area contributed by atoms with E-state index < -0.39 is 34.8 Å². The molecule has 0 unspecified atom stereocenters. The summed E-state index contributed by atoms with van der Waals surface area (Å²) in [7, 11) is 1.39. The van der Waals surface area contributed by atoms with Gasteiger partial charge in [0.1, 0.15) is 0 Å². The quantitative estimate of drug-likeness (QED) is 0.847. The van der Waals surface area contributed by atoms with Crippen molar-refractivity contribution in [2.24, 2.45) is 0 Å². The van der Waals surface area contributed by atoms with Crippen LogP contribution in [0.5, 0.6) is 0 Å². The number of nitrogens with zero attached hydrogens (tertiary/aromatic N) is 3. The Kier molecular flexibility index (Phi) is 4.96. The molecule has 1 aliphatic rings. The monoisotopic (exact) mass is 403 g/mol. The van der Waals surface area contributed by atoms with Gasteiger partial charge in [-0.1, -0.05) is 30.3 Å². The first-order chi connectivity index (χ1) is 13.6. The summed E-state index contributed by atoms with van der Waals surface area (Å²) in [6, 6.07) is 12.0. The highest BCUT2D eigenvalue weighted by Crippen LogP contribution is 2.39. The largest absolute Gasteiger partial charge is 0.479 e. The number of nitriles is 1. The zero-order valence-corrected chi connectivity index (χ0v) is 15.3. The smallest absolute Gasteiger partial charge is 0.417 e. The average molecular weight is 403 g/mol. The van der Waals surface area contributed by atoms with Crippen molar-refractivity contribution in [3.8, 4) is 6.07 Å². The Labute approximate surface area is 164 Å². The SMILES string of the molecule is CN1C[C@](Cc2ccccc2)(C(=O)O)N(c2ccc(C#N)c(C(F)(F)F)c2)C1=O. The summed E-state index contributed by atoms with van der Waals surface area (Å²) in [5.74, 6) is -1.34. The molecular weight excluding hydrogens is 387 g/mol. The van der Waals surface area contributed by atoms with Gasteiger partial charge in [0.2, 0.25) is 0 Å². The van der Waals surface area contributed by atoms with Crippen LogP contribution in [0.1, 0.15) is 16.7 Å². The number of hydrogen-bond donors (Lipinski definition) is 1. The van der Waals surface area contributed by atoms with Crippen molar-refractivity contribution in [2.75, 3.05) is 18.5 Å². The molecule has 2 aromatic carbocycles. The summed E-state index contributed by atoms with van der Waals surface area (Å²) in [5.41, 5.74) is -3.25. The lowest BCUT2D eigenvalue weighted by Gasteiger charge is -2.33. The van der Waals surface area contributed by atoms with E-state index in [1.807, 2.05) is 0 Å². The Hall–Kier alpha value is -3.54. The van der Waals surface area contributed by atoms with Gasteiger partial charge in [-0.25, -0.2) is 9.59 Å². The van der Waals surface area contributed by atoms with Crippen LogP contribution in [0.4, 0.5) is 23.7 Å². The third-order valence-corrected chi connectivity index (χ3v) is 4.87. The summed E-state index contributed by atoms with van der Waals surface area (Å²) < 4.78 is 40.2. The number of amides is 2. The van der Waals surface area contributed by atoms with E-state index in [1.54, 1.807) is 30.3 Å². The maximum Gasteiger partial charge on any atom is 0.417 e. The third-order valence-electron chi connectivity index (χ3n) is 4.87. The number of likely N-dealkylation sites (N-methyl/N-ethyl adjacent to an activating group) is 1. The van der Waals surface area contributed by atoms with Gasteiger partial charge in [0.25, 0.3) is 0 Å². The summed E-state index contributed by atoms with van der Waals surface area (Å²) in [4.78, 5) is 27.1. The Morgan fingerprint density at radius 3 is 2.45 bits per heavy atom. The van der Waals surface area contributed by atoms with Gasteiger partial charge in [-0.15, -0.1) is 0 Å². The maximum atomic E-state index is 13.4. The van der Waals surface area contributed by atoms with Crippen molar-refractivity contribution >= 4 is 17.7 Å². The minimum atomic E-state index is -4.83. The predicted molar refractivity (Wildman–Crippen MR) is 97.2 cm³/mol. The Balaban J connectivity index is 2.18. The van der Waals surface area contributed by atoms with Gasteiger partial charge in [-0.05, 0) is 23.8 Å². The number of carbonyl (C=O) groups excluding carboxylic acids is 1. The van der Waals surface area contributed by atoms with E-state index in [2.05, 4.69) is 0 Å². The van der Waals surface area contributed by atoms with Crippen molar-refractivity contribution in [3.05, 3.63) is 65.2 Å². The summed E-state index contributed by atoms with van der Waals surface area (Å²) >= 11 is 0. The van der Waals surface area contributed by atoms with E-state index in [1.165, 1.54) is 13.1 Å². The number of alkyl halides is 3. The lowest BCUT2D eigenvalue weighted by Crippen LogP contribution is -2.55. The molecule has 2 amide bonds. The molecule has 2 aromatic rings. The van der Waals surface area contributed by atoms with Crippen LogP contribution in [0.2, 0.25) is 0 Å². The van der Waals surface area contributed by atoms with Crippen LogP contribution in [0.15, 0.2) is 48.5 Å². The Bertz CT molecular complexity index is 1000. The van der Waals surface area contributed by atoms with Crippen molar-refractivity contribution in [1.29, 1.82) is 5.26 Å². The van der Waals surface area contributed by atoms with Crippen LogP contribution >= 0.6 is 0 Å². The second kappa shape index (κ2) is 7.13. The molecule has 150 valence electrons. The van der Waals surface area contributed by atoms with Crippen LogP contribution in [-0.4, -0.2) is 41.1 Å². The first-order valence-corrected chi connectivity index (χ1v) is 8.54. The summed E-state index contributed by atoms with van der Waals surface area (Å²) in [5, 5.41) is 19.0. The zero-order valence-electron chi connectivity index (χ0n) is 15.3. The number of carboxylic acids is 1. The van der Waals surface area contributed by atoms with Gasteiger partial charge in [0.05, 0.1) is 23.7 Å². The van der Waals surface area contributed by atoms with E-state index in [9.17, 15) is 27.9 Å². The molecule has 0 saturated carbocycles. The van der Waals surface area contributed by atoms with Gasteiger partial charge < -0.3 is 10.0 Å². The van der Waals surface area contributed by atoms with E-state index in [4.69, 9.17) is 5.26 Å². The van der Waals surface area contributed by atoms with E-state index >= 15 is 0 Å². The van der Waals surface area contributed by atoms with Gasteiger partial charge in [0, 0.05) is 19.2 Å². The van der Waals surface area contributed by atoms with Gasteiger partial charge in [-0.3, -0.25) is 4.90 Å². The van der Waals surface area contributed by atoms with E-state index in [0.29, 0.717) is 11.6 Å². The molecular formula is C20H16F3N3O3. The number of carboxylic acid groups (broad SMARTS) is 1.